The maximum atomic E-state index is 13.7. The average molecular weight is 474 g/mol. The van der Waals surface area contributed by atoms with Crippen LogP contribution in [0.4, 0.5) is 4.39 Å². The monoisotopic (exact) mass is 473 g/mol. The zero-order chi connectivity index (χ0) is 24.5. The van der Waals surface area contributed by atoms with Crippen LogP contribution in [0.15, 0.2) is 65.6 Å². The Hall–Kier alpha value is -4.07. The Morgan fingerprint density at radius 2 is 1.80 bits per heavy atom. The molecule has 1 aliphatic carbocycles. The first kappa shape index (κ1) is 22.7. The maximum absolute atomic E-state index is 13.7. The topological polar surface area (TPSA) is 89.8 Å². The molecular formula is C27H24FN3O4. The zero-order valence-corrected chi connectivity index (χ0v) is 19.2. The van der Waals surface area contributed by atoms with E-state index in [1.807, 2.05) is 0 Å². The summed E-state index contributed by atoms with van der Waals surface area (Å²) in [7, 11) is 1.39. The summed E-state index contributed by atoms with van der Waals surface area (Å²) >= 11 is 0. The number of ether oxygens (including phenoxy) is 1. The second-order valence-corrected chi connectivity index (χ2v) is 8.82. The second kappa shape index (κ2) is 9.29. The smallest absolute Gasteiger partial charge is 0.308 e. The van der Waals surface area contributed by atoms with Crippen molar-refractivity contribution in [1.29, 1.82) is 0 Å². The molecule has 2 aromatic carbocycles. The number of hydrogen-bond acceptors (Lipinski definition) is 5. The van der Waals surface area contributed by atoms with E-state index in [1.165, 1.54) is 23.6 Å². The molecule has 5 rings (SSSR count). The van der Waals surface area contributed by atoms with Crippen LogP contribution in [-0.2, 0) is 9.53 Å². The molecule has 0 aliphatic heterocycles. The number of amides is 1. The largest absolute Gasteiger partial charge is 0.469 e. The minimum Gasteiger partial charge on any atom is -0.469 e. The molecule has 1 fully saturated rings. The molecule has 2 heterocycles. The van der Waals surface area contributed by atoms with E-state index < -0.39 is 0 Å². The van der Waals surface area contributed by atoms with Crippen LogP contribution in [-0.4, -0.2) is 34.4 Å². The van der Waals surface area contributed by atoms with Gasteiger partial charge in [0.05, 0.1) is 29.5 Å². The Morgan fingerprint density at radius 3 is 2.54 bits per heavy atom. The van der Waals surface area contributed by atoms with Gasteiger partial charge in [0.1, 0.15) is 5.82 Å². The van der Waals surface area contributed by atoms with Crippen molar-refractivity contribution in [3.63, 3.8) is 0 Å². The zero-order valence-electron chi connectivity index (χ0n) is 19.2. The first-order valence-corrected chi connectivity index (χ1v) is 11.5. The lowest BCUT2D eigenvalue weighted by Gasteiger charge is -2.27. The third-order valence-electron chi connectivity index (χ3n) is 6.64. The van der Waals surface area contributed by atoms with Gasteiger partial charge in [-0.3, -0.25) is 18.8 Å². The Kier molecular flexibility index (Phi) is 6.03. The van der Waals surface area contributed by atoms with Crippen LogP contribution in [0.2, 0.25) is 0 Å². The third-order valence-corrected chi connectivity index (χ3v) is 6.64. The van der Waals surface area contributed by atoms with Crippen LogP contribution in [0, 0.1) is 11.7 Å². The van der Waals surface area contributed by atoms with Crippen molar-refractivity contribution in [1.82, 2.24) is 14.7 Å². The van der Waals surface area contributed by atoms with Gasteiger partial charge in [0.25, 0.3) is 11.5 Å². The molecule has 4 aromatic rings. The summed E-state index contributed by atoms with van der Waals surface area (Å²) in [5, 5.41) is 3.40. The molecule has 2 aromatic heterocycles. The van der Waals surface area contributed by atoms with Gasteiger partial charge >= 0.3 is 5.97 Å². The van der Waals surface area contributed by atoms with Gasteiger partial charge in [0, 0.05) is 12.2 Å². The molecule has 1 N–H and O–H groups in total. The maximum Gasteiger partial charge on any atom is 0.308 e. The Balaban J connectivity index is 1.46. The quantitative estimate of drug-likeness (QED) is 0.356. The summed E-state index contributed by atoms with van der Waals surface area (Å²) < 4.78 is 19.9. The summed E-state index contributed by atoms with van der Waals surface area (Å²) in [6, 6.07) is 14.6. The van der Waals surface area contributed by atoms with Gasteiger partial charge in [-0.05, 0) is 73.2 Å². The van der Waals surface area contributed by atoms with Gasteiger partial charge < -0.3 is 10.1 Å². The molecule has 1 amide bonds. The van der Waals surface area contributed by atoms with Crippen LogP contribution in [0.5, 0.6) is 0 Å². The lowest BCUT2D eigenvalue weighted by atomic mass is 9.86. The highest BCUT2D eigenvalue weighted by molar-refractivity contribution is 6.01. The van der Waals surface area contributed by atoms with Gasteiger partial charge in [0.2, 0.25) is 0 Å². The van der Waals surface area contributed by atoms with E-state index in [0.717, 1.165) is 0 Å². The molecule has 0 bridgehead atoms. The molecule has 0 unspecified atom stereocenters. The lowest BCUT2D eigenvalue weighted by molar-refractivity contribution is -0.146. The molecule has 1 saturated carbocycles. The van der Waals surface area contributed by atoms with Gasteiger partial charge in [-0.2, -0.15) is 0 Å². The normalized spacial score (nSPS) is 17.9. The summed E-state index contributed by atoms with van der Waals surface area (Å²) in [4.78, 5) is 42.8. The van der Waals surface area contributed by atoms with Crippen LogP contribution in [0.25, 0.3) is 27.7 Å². The first-order valence-electron chi connectivity index (χ1n) is 11.5. The van der Waals surface area contributed by atoms with Crippen LogP contribution >= 0.6 is 0 Å². The number of carbonyl (C=O) groups excluding carboxylic acids is 2. The highest BCUT2D eigenvalue weighted by atomic mass is 19.1. The standard InChI is InChI=1S/C27H24FN3O4/c1-35-27(34)16-7-10-20(11-8-16)29-25(32)21-6-3-13-31-24(21)30-23-12-9-18(15-22(23)26(31)33)17-4-2-5-19(28)14-17/h2-6,9,12-16,20H,7-8,10-11H2,1H3,(H,29,32). The predicted molar refractivity (Wildman–Crippen MR) is 130 cm³/mol. The van der Waals surface area contributed by atoms with Gasteiger partial charge in [-0.1, -0.05) is 18.2 Å². The Bertz CT molecular complexity index is 1510. The first-order chi connectivity index (χ1) is 16.9. The van der Waals surface area contributed by atoms with Crippen molar-refractivity contribution < 1.29 is 18.7 Å². The van der Waals surface area contributed by atoms with Crippen LogP contribution < -0.4 is 10.9 Å². The molecule has 7 nitrogen and oxygen atoms in total. The Labute approximate surface area is 200 Å². The molecule has 0 spiro atoms. The third kappa shape index (κ3) is 4.39. The predicted octanol–water partition coefficient (Wildman–Crippen LogP) is 4.12. The van der Waals surface area contributed by atoms with E-state index in [-0.39, 0.29) is 40.9 Å². The molecule has 1 aliphatic rings. The summed E-state index contributed by atoms with van der Waals surface area (Å²) in [6.07, 6.45) is 4.24. The fourth-order valence-corrected chi connectivity index (χ4v) is 4.76. The van der Waals surface area contributed by atoms with Crippen molar-refractivity contribution in [2.45, 2.75) is 31.7 Å². The molecule has 0 saturated heterocycles. The Morgan fingerprint density at radius 1 is 1.03 bits per heavy atom. The lowest BCUT2D eigenvalue weighted by Crippen LogP contribution is -2.39. The fraction of sp³-hybridized carbons (Fsp3) is 0.259. The van der Waals surface area contributed by atoms with E-state index in [4.69, 9.17) is 4.74 Å². The number of methoxy groups -OCH3 is 1. The SMILES string of the molecule is COC(=O)C1CCC(NC(=O)c2cccn3c(=O)c4cc(-c5cccc(F)c5)ccc4nc23)CC1. The van der Waals surface area contributed by atoms with Crippen molar-refractivity contribution in [2.24, 2.45) is 5.92 Å². The van der Waals surface area contributed by atoms with E-state index in [0.29, 0.717) is 53.3 Å². The number of nitrogens with one attached hydrogen (secondary N) is 1. The summed E-state index contributed by atoms with van der Waals surface area (Å²) in [5.41, 5.74) is 2.07. The van der Waals surface area contributed by atoms with E-state index in [9.17, 15) is 18.8 Å². The molecular weight excluding hydrogens is 449 g/mol. The number of benzene rings is 2. The molecule has 0 atom stereocenters. The average Bonchev–Trinajstić information content (AvgIpc) is 2.88. The van der Waals surface area contributed by atoms with Crippen molar-refractivity contribution in [3.05, 3.63) is 82.5 Å². The number of halogens is 1. The number of esters is 1. The number of carbonyl (C=O) groups is 2. The second-order valence-electron chi connectivity index (χ2n) is 8.82. The summed E-state index contributed by atoms with van der Waals surface area (Å²) in [6.45, 7) is 0. The van der Waals surface area contributed by atoms with Crippen LogP contribution in [0.3, 0.4) is 0 Å². The molecule has 8 heteroatoms. The molecule has 178 valence electrons. The van der Waals surface area contributed by atoms with E-state index in [2.05, 4.69) is 10.3 Å². The number of hydrogen-bond donors (Lipinski definition) is 1. The van der Waals surface area contributed by atoms with Gasteiger partial charge in [0.15, 0.2) is 5.65 Å². The number of nitrogens with zero attached hydrogens (tertiary/aromatic N) is 2. The minimum absolute atomic E-state index is 0.0651. The fourth-order valence-electron chi connectivity index (χ4n) is 4.76. The number of rotatable bonds is 4. The number of aromatic nitrogens is 2. The van der Waals surface area contributed by atoms with Crippen LogP contribution in [0.1, 0.15) is 36.0 Å². The summed E-state index contributed by atoms with van der Waals surface area (Å²) in [5.74, 6) is -1.01. The highest BCUT2D eigenvalue weighted by Gasteiger charge is 2.28. The van der Waals surface area contributed by atoms with Crippen molar-refractivity contribution in [2.75, 3.05) is 7.11 Å². The molecule has 35 heavy (non-hydrogen) atoms. The number of fused-ring (bicyclic) bond motifs is 2. The minimum atomic E-state index is -0.356. The van der Waals surface area contributed by atoms with Crippen molar-refractivity contribution in [3.8, 4) is 11.1 Å². The van der Waals surface area contributed by atoms with E-state index in [1.54, 1.807) is 48.7 Å². The number of pyridine rings is 1. The van der Waals surface area contributed by atoms with Gasteiger partial charge in [-0.25, -0.2) is 9.37 Å². The molecule has 0 radical (unpaired) electrons. The highest BCUT2D eigenvalue weighted by Crippen LogP contribution is 2.26. The van der Waals surface area contributed by atoms with Crippen molar-refractivity contribution >= 4 is 28.4 Å². The van der Waals surface area contributed by atoms with Gasteiger partial charge in [-0.15, -0.1) is 0 Å². The van der Waals surface area contributed by atoms with E-state index >= 15 is 0 Å².